The van der Waals surface area contributed by atoms with Crippen LogP contribution < -0.4 is 9.64 Å². The number of methoxy groups -OCH3 is 1. The van der Waals surface area contributed by atoms with E-state index in [0.717, 1.165) is 11.3 Å². The first kappa shape index (κ1) is 24.7. The van der Waals surface area contributed by atoms with Crippen LogP contribution in [0.5, 0.6) is 5.75 Å². The van der Waals surface area contributed by atoms with Crippen LogP contribution in [-0.4, -0.2) is 48.6 Å². The van der Waals surface area contributed by atoms with E-state index in [1.54, 1.807) is 7.11 Å². The fourth-order valence-electron chi connectivity index (χ4n) is 4.98. The van der Waals surface area contributed by atoms with Crippen LogP contribution in [-0.2, 0) is 26.3 Å². The molecule has 35 heavy (non-hydrogen) atoms. The lowest BCUT2D eigenvalue weighted by atomic mass is 9.76. The summed E-state index contributed by atoms with van der Waals surface area (Å²) in [5, 5.41) is 20.8. The van der Waals surface area contributed by atoms with Crippen molar-refractivity contribution in [2.75, 3.05) is 31.8 Å². The number of nitro groups is 1. The summed E-state index contributed by atoms with van der Waals surface area (Å²) in [6, 6.07) is 11.0. The second-order valence-corrected chi connectivity index (χ2v) is 9.25. The Bertz CT molecular complexity index is 1160. The van der Waals surface area contributed by atoms with Gasteiger partial charge in [0.25, 0.3) is 5.69 Å². The molecule has 2 aromatic rings. The van der Waals surface area contributed by atoms with Gasteiger partial charge in [-0.1, -0.05) is 18.2 Å². The van der Waals surface area contributed by atoms with E-state index in [-0.39, 0.29) is 18.7 Å². The molecule has 1 spiro atoms. The molecule has 2 aliphatic heterocycles. The topological polar surface area (TPSA) is 111 Å². The molecule has 0 radical (unpaired) electrons. The van der Waals surface area contributed by atoms with E-state index in [4.69, 9.17) is 14.2 Å². The number of rotatable bonds is 10. The molecular weight excluding hydrogens is 452 g/mol. The van der Waals surface area contributed by atoms with Crippen LogP contribution in [0.3, 0.4) is 0 Å². The van der Waals surface area contributed by atoms with E-state index in [0.29, 0.717) is 43.1 Å². The van der Waals surface area contributed by atoms with E-state index < -0.39 is 22.0 Å². The number of aliphatic carboxylic acids is 1. The summed E-state index contributed by atoms with van der Waals surface area (Å²) in [4.78, 5) is 24.5. The van der Waals surface area contributed by atoms with Crippen molar-refractivity contribution >= 4 is 23.4 Å². The number of anilines is 1. The van der Waals surface area contributed by atoms with E-state index in [1.807, 2.05) is 30.4 Å². The first-order chi connectivity index (χ1) is 16.7. The third-order valence-corrected chi connectivity index (χ3v) is 6.76. The number of nitro benzene ring substituents is 1. The van der Waals surface area contributed by atoms with Crippen LogP contribution >= 0.6 is 0 Å². The quantitative estimate of drug-likeness (QED) is 0.299. The zero-order valence-corrected chi connectivity index (χ0v) is 20.2. The molecule has 0 saturated carbocycles. The minimum atomic E-state index is -0.945. The molecule has 0 fully saturated rings. The average molecular weight is 483 g/mol. The molecule has 0 bridgehead atoms. The van der Waals surface area contributed by atoms with Gasteiger partial charge < -0.3 is 24.2 Å². The fraction of sp³-hybridized carbons (Fsp3) is 0.423. The van der Waals surface area contributed by atoms with E-state index in [2.05, 4.69) is 24.8 Å². The third kappa shape index (κ3) is 4.37. The molecule has 1 N–H and O–H groups in total. The Balaban J connectivity index is 1.78. The molecule has 186 valence electrons. The van der Waals surface area contributed by atoms with Gasteiger partial charge in [0, 0.05) is 49.0 Å². The van der Waals surface area contributed by atoms with Gasteiger partial charge >= 0.3 is 5.97 Å². The van der Waals surface area contributed by atoms with E-state index in [1.165, 1.54) is 12.1 Å². The van der Waals surface area contributed by atoms with Gasteiger partial charge in [-0.15, -0.1) is 0 Å². The Morgan fingerprint density at radius 1 is 1.23 bits per heavy atom. The molecule has 2 aliphatic rings. The minimum Gasteiger partial charge on any atom is -0.481 e. The highest BCUT2D eigenvalue weighted by Crippen LogP contribution is 2.55. The van der Waals surface area contributed by atoms with Gasteiger partial charge in [-0.2, -0.15) is 0 Å². The largest absolute Gasteiger partial charge is 0.481 e. The maximum atomic E-state index is 11.6. The van der Waals surface area contributed by atoms with Crippen molar-refractivity contribution in [1.82, 2.24) is 0 Å². The second-order valence-electron chi connectivity index (χ2n) is 9.25. The summed E-state index contributed by atoms with van der Waals surface area (Å²) in [5.41, 5.74) is 1.76. The summed E-state index contributed by atoms with van der Waals surface area (Å²) in [6.07, 6.45) is 4.29. The molecule has 9 nitrogen and oxygen atoms in total. The number of hydrogen-bond acceptors (Lipinski definition) is 7. The van der Waals surface area contributed by atoms with Crippen molar-refractivity contribution in [2.45, 2.75) is 44.4 Å². The molecule has 0 saturated heterocycles. The van der Waals surface area contributed by atoms with Gasteiger partial charge in [-0.25, -0.2) is 0 Å². The summed E-state index contributed by atoms with van der Waals surface area (Å²) >= 11 is 0. The smallest absolute Gasteiger partial charge is 0.303 e. The van der Waals surface area contributed by atoms with Crippen molar-refractivity contribution in [1.29, 1.82) is 0 Å². The SMILES string of the molecule is COCCOCc1cc([N+](=O)[O-])cc2c1OC1(C=C2)N(CCCC(=O)O)c2ccccc2C1(C)C. The molecule has 1 atom stereocenters. The first-order valence-electron chi connectivity index (χ1n) is 11.6. The van der Waals surface area contributed by atoms with Crippen molar-refractivity contribution in [3.63, 3.8) is 0 Å². The Morgan fingerprint density at radius 3 is 2.71 bits per heavy atom. The highest BCUT2D eigenvalue weighted by Gasteiger charge is 2.58. The number of carboxylic acid groups (broad SMARTS) is 1. The Morgan fingerprint density at radius 2 is 2.00 bits per heavy atom. The lowest BCUT2D eigenvalue weighted by molar-refractivity contribution is -0.385. The highest BCUT2D eigenvalue weighted by atomic mass is 16.6. The van der Waals surface area contributed by atoms with Crippen molar-refractivity contribution in [3.8, 4) is 5.75 Å². The molecule has 2 aromatic carbocycles. The Labute approximate surface area is 204 Å². The van der Waals surface area contributed by atoms with Gasteiger partial charge in [0.1, 0.15) is 5.75 Å². The van der Waals surface area contributed by atoms with Gasteiger partial charge in [-0.3, -0.25) is 14.9 Å². The summed E-state index contributed by atoms with van der Waals surface area (Å²) in [5.74, 6) is -0.321. The van der Waals surface area contributed by atoms with Crippen molar-refractivity contribution in [2.24, 2.45) is 0 Å². The molecule has 2 heterocycles. The summed E-state index contributed by atoms with van der Waals surface area (Å²) in [7, 11) is 1.58. The average Bonchev–Trinajstić information content (AvgIpc) is 3.00. The number of benzene rings is 2. The maximum Gasteiger partial charge on any atom is 0.303 e. The first-order valence-corrected chi connectivity index (χ1v) is 11.6. The van der Waals surface area contributed by atoms with Crippen molar-refractivity contribution < 1.29 is 29.0 Å². The van der Waals surface area contributed by atoms with Crippen molar-refractivity contribution in [3.05, 3.63) is 69.3 Å². The van der Waals surface area contributed by atoms with Crippen LogP contribution in [0.15, 0.2) is 42.5 Å². The van der Waals surface area contributed by atoms with Gasteiger partial charge in [0.05, 0.1) is 30.2 Å². The molecule has 0 aliphatic carbocycles. The Kier molecular flexibility index (Phi) is 6.82. The normalized spacial score (nSPS) is 19.3. The van der Waals surface area contributed by atoms with Crippen LogP contribution in [0, 0.1) is 10.1 Å². The van der Waals surface area contributed by atoms with E-state index in [9.17, 15) is 20.0 Å². The molecule has 4 rings (SSSR count). The predicted octanol–water partition coefficient (Wildman–Crippen LogP) is 4.52. The number of ether oxygens (including phenoxy) is 3. The molecule has 9 heteroatoms. The van der Waals surface area contributed by atoms with Crippen LogP contribution in [0.1, 0.15) is 43.4 Å². The number of carboxylic acids is 1. The lowest BCUT2D eigenvalue weighted by Gasteiger charge is -2.47. The van der Waals surface area contributed by atoms with Crippen LogP contribution in [0.2, 0.25) is 0 Å². The number of nitrogens with zero attached hydrogens (tertiary/aromatic N) is 2. The Hall–Kier alpha value is -3.43. The monoisotopic (exact) mass is 482 g/mol. The summed E-state index contributed by atoms with van der Waals surface area (Å²) in [6.45, 7) is 5.54. The zero-order valence-electron chi connectivity index (χ0n) is 20.2. The highest BCUT2D eigenvalue weighted by molar-refractivity contribution is 5.74. The molecular formula is C26H30N2O7. The van der Waals surface area contributed by atoms with Gasteiger partial charge in [-0.05, 0) is 44.1 Å². The number of fused-ring (bicyclic) bond motifs is 2. The van der Waals surface area contributed by atoms with Gasteiger partial charge in [0.2, 0.25) is 5.72 Å². The number of non-ortho nitro benzene ring substituents is 1. The summed E-state index contributed by atoms with van der Waals surface area (Å²) < 4.78 is 17.6. The number of hydrogen-bond donors (Lipinski definition) is 1. The minimum absolute atomic E-state index is 0.0365. The zero-order chi connectivity index (χ0) is 25.2. The fourth-order valence-corrected chi connectivity index (χ4v) is 4.98. The second kappa shape index (κ2) is 9.67. The van der Waals surface area contributed by atoms with Crippen LogP contribution in [0.25, 0.3) is 6.08 Å². The van der Waals surface area contributed by atoms with E-state index >= 15 is 0 Å². The standard InChI is InChI=1S/C26H30N2O7/c1-25(2)21-7-4-5-8-22(21)27(12-6-9-23(29)30)26(25)11-10-18-15-20(28(31)32)16-19(24(18)35-26)17-34-14-13-33-3/h4-5,7-8,10-11,15-16H,6,9,12-14,17H2,1-3H3,(H,29,30). The molecule has 0 amide bonds. The van der Waals surface area contributed by atoms with Gasteiger partial charge in [0.15, 0.2) is 0 Å². The number of para-hydroxylation sites is 1. The third-order valence-electron chi connectivity index (χ3n) is 6.76. The maximum absolute atomic E-state index is 11.6. The predicted molar refractivity (Wildman–Crippen MR) is 131 cm³/mol. The van der Waals surface area contributed by atoms with Crippen LogP contribution in [0.4, 0.5) is 11.4 Å². The number of carbonyl (C=O) groups is 1. The molecule has 0 aromatic heterocycles. The lowest BCUT2D eigenvalue weighted by Crippen LogP contribution is -2.59. The molecule has 1 unspecified atom stereocenters.